The van der Waals surface area contributed by atoms with E-state index in [0.717, 1.165) is 24.1 Å². The Balaban J connectivity index is 1.55. The smallest absolute Gasteiger partial charge is 0.290 e. The average Bonchev–Trinajstić information content (AvgIpc) is 2.98. The van der Waals surface area contributed by atoms with Crippen molar-refractivity contribution in [1.29, 1.82) is 0 Å². The van der Waals surface area contributed by atoms with Gasteiger partial charge in [-0.1, -0.05) is 24.3 Å². The molecule has 0 radical (unpaired) electrons. The first-order chi connectivity index (χ1) is 13.9. The van der Waals surface area contributed by atoms with E-state index in [2.05, 4.69) is 4.98 Å². The van der Waals surface area contributed by atoms with E-state index in [4.69, 9.17) is 20.2 Å². The van der Waals surface area contributed by atoms with Gasteiger partial charge in [-0.05, 0) is 18.4 Å². The van der Waals surface area contributed by atoms with Gasteiger partial charge in [0.1, 0.15) is 5.69 Å². The highest BCUT2D eigenvalue weighted by Crippen LogP contribution is 2.45. The zero-order valence-corrected chi connectivity index (χ0v) is 16.3. The largest absolute Gasteiger partial charge is 0.383 e. The summed E-state index contributed by atoms with van der Waals surface area (Å²) in [4.78, 5) is 11.0. The lowest BCUT2D eigenvalue weighted by Gasteiger charge is -2.41. The van der Waals surface area contributed by atoms with Crippen LogP contribution in [0.3, 0.4) is 0 Å². The van der Waals surface area contributed by atoms with E-state index in [1.807, 2.05) is 29.2 Å². The van der Waals surface area contributed by atoms with Crippen LogP contribution in [0.4, 0.5) is 14.7 Å². The third kappa shape index (κ3) is 3.01. The lowest BCUT2D eigenvalue weighted by molar-refractivity contribution is -0.0569. The summed E-state index contributed by atoms with van der Waals surface area (Å²) in [5, 5.41) is 0. The van der Waals surface area contributed by atoms with E-state index in [9.17, 15) is 8.78 Å². The Morgan fingerprint density at radius 3 is 2.59 bits per heavy atom. The number of rotatable bonds is 5. The van der Waals surface area contributed by atoms with Crippen molar-refractivity contribution in [2.45, 2.75) is 36.8 Å². The van der Waals surface area contributed by atoms with Crippen molar-refractivity contribution in [2.24, 2.45) is 5.73 Å². The minimum absolute atomic E-state index is 0.124. The van der Waals surface area contributed by atoms with Crippen molar-refractivity contribution < 1.29 is 18.3 Å². The molecule has 3 heterocycles. The predicted molar refractivity (Wildman–Crippen MR) is 104 cm³/mol. The van der Waals surface area contributed by atoms with Crippen molar-refractivity contribution in [1.82, 2.24) is 9.97 Å². The lowest BCUT2D eigenvalue weighted by Crippen LogP contribution is -2.54. The maximum atomic E-state index is 14.6. The van der Waals surface area contributed by atoms with Gasteiger partial charge in [0.25, 0.3) is 5.92 Å². The standard InChI is InChI=1S/C21H24F2N4O2/c1-28-10-15-7-9-27(15)19-25-17(16-6-8-21(22,23)18(16)26-19)13-2-4-14(5-3-13)20(24)11-29-12-20/h2-5,15H,6-12,24H2,1H3/t15-/m1/s1. The van der Waals surface area contributed by atoms with Crippen LogP contribution >= 0.6 is 0 Å². The molecule has 8 heteroatoms. The lowest BCUT2D eigenvalue weighted by atomic mass is 9.88. The normalized spacial score (nSPS) is 24.0. The number of nitrogens with zero attached hydrogens (tertiary/aromatic N) is 3. The fourth-order valence-corrected chi connectivity index (χ4v) is 4.30. The van der Waals surface area contributed by atoms with E-state index in [1.54, 1.807) is 7.11 Å². The third-order valence-electron chi connectivity index (χ3n) is 6.24. The summed E-state index contributed by atoms with van der Waals surface area (Å²) in [5.74, 6) is -2.56. The minimum Gasteiger partial charge on any atom is -0.383 e. The summed E-state index contributed by atoms with van der Waals surface area (Å²) in [6, 6.07) is 7.83. The van der Waals surface area contributed by atoms with Crippen LogP contribution in [0.15, 0.2) is 24.3 Å². The van der Waals surface area contributed by atoms with E-state index >= 15 is 0 Å². The number of hydrogen-bond acceptors (Lipinski definition) is 6. The van der Waals surface area contributed by atoms with Crippen LogP contribution in [-0.4, -0.2) is 49.5 Å². The molecule has 154 valence electrons. The van der Waals surface area contributed by atoms with Gasteiger partial charge in [-0.15, -0.1) is 0 Å². The van der Waals surface area contributed by atoms with E-state index in [1.165, 1.54) is 0 Å². The molecule has 2 aromatic rings. The maximum Gasteiger partial charge on any atom is 0.290 e. The minimum atomic E-state index is -2.92. The van der Waals surface area contributed by atoms with Crippen LogP contribution < -0.4 is 10.6 Å². The molecule has 0 spiro atoms. The van der Waals surface area contributed by atoms with Crippen LogP contribution in [0.2, 0.25) is 0 Å². The molecule has 0 saturated carbocycles. The van der Waals surface area contributed by atoms with Crippen LogP contribution in [0.25, 0.3) is 11.3 Å². The van der Waals surface area contributed by atoms with Gasteiger partial charge in [0.05, 0.1) is 37.1 Å². The monoisotopic (exact) mass is 402 g/mol. The van der Waals surface area contributed by atoms with Gasteiger partial charge >= 0.3 is 0 Å². The molecule has 2 aliphatic heterocycles. The Morgan fingerprint density at radius 2 is 2.00 bits per heavy atom. The molecule has 0 bridgehead atoms. The number of benzene rings is 1. The molecule has 5 rings (SSSR count). The highest BCUT2D eigenvalue weighted by molar-refractivity contribution is 5.67. The van der Waals surface area contributed by atoms with Gasteiger partial charge in [0, 0.05) is 31.2 Å². The summed E-state index contributed by atoms with van der Waals surface area (Å²) < 4.78 is 39.6. The number of anilines is 1. The molecule has 1 atom stereocenters. The highest BCUT2D eigenvalue weighted by Gasteiger charge is 2.44. The van der Waals surface area contributed by atoms with E-state index in [-0.39, 0.29) is 24.6 Å². The topological polar surface area (TPSA) is 73.5 Å². The molecule has 0 amide bonds. The summed E-state index contributed by atoms with van der Waals surface area (Å²) in [7, 11) is 1.64. The van der Waals surface area contributed by atoms with E-state index in [0.29, 0.717) is 37.0 Å². The number of nitrogens with two attached hydrogens (primary N) is 1. The first kappa shape index (κ1) is 18.8. The number of halogens is 2. The molecular formula is C21H24F2N4O2. The van der Waals surface area contributed by atoms with Crippen LogP contribution in [0, 0.1) is 0 Å². The Morgan fingerprint density at radius 1 is 1.24 bits per heavy atom. The molecule has 1 aliphatic carbocycles. The van der Waals surface area contributed by atoms with Crippen molar-refractivity contribution in [3.05, 3.63) is 41.1 Å². The van der Waals surface area contributed by atoms with Gasteiger partial charge in [-0.25, -0.2) is 9.97 Å². The Hall–Kier alpha value is -2.16. The second kappa shape index (κ2) is 6.68. The zero-order valence-electron chi connectivity index (χ0n) is 16.3. The molecule has 6 nitrogen and oxygen atoms in total. The van der Waals surface area contributed by atoms with Gasteiger partial charge in [0.15, 0.2) is 0 Å². The van der Waals surface area contributed by atoms with Crippen molar-refractivity contribution in [3.8, 4) is 11.3 Å². The number of ether oxygens (including phenoxy) is 2. The van der Waals surface area contributed by atoms with Gasteiger partial charge in [-0.3, -0.25) is 0 Å². The molecular weight excluding hydrogens is 378 g/mol. The fraction of sp³-hybridized carbons (Fsp3) is 0.524. The van der Waals surface area contributed by atoms with Crippen LogP contribution in [0.1, 0.15) is 29.7 Å². The molecule has 0 unspecified atom stereocenters. The number of hydrogen-bond donors (Lipinski definition) is 1. The van der Waals surface area contributed by atoms with Gasteiger partial charge in [-0.2, -0.15) is 8.78 Å². The summed E-state index contributed by atoms with van der Waals surface area (Å²) in [5.41, 5.74) is 8.63. The average molecular weight is 402 g/mol. The summed E-state index contributed by atoms with van der Waals surface area (Å²) in [6.45, 7) is 2.25. The maximum absolute atomic E-state index is 14.6. The number of alkyl halides is 2. The first-order valence-electron chi connectivity index (χ1n) is 9.94. The van der Waals surface area contributed by atoms with Crippen LogP contribution in [-0.2, 0) is 27.4 Å². The third-order valence-corrected chi connectivity index (χ3v) is 6.24. The number of fused-ring (bicyclic) bond motifs is 1. The second-order valence-electron chi connectivity index (χ2n) is 8.22. The molecule has 29 heavy (non-hydrogen) atoms. The summed E-state index contributed by atoms with van der Waals surface area (Å²) in [6.07, 6.45) is 0.988. The van der Waals surface area contributed by atoms with E-state index < -0.39 is 11.5 Å². The zero-order chi connectivity index (χ0) is 20.2. The number of methoxy groups -OCH3 is 1. The Bertz CT molecular complexity index is 931. The van der Waals surface area contributed by atoms with Crippen LogP contribution in [0.5, 0.6) is 0 Å². The van der Waals surface area contributed by atoms with Crippen molar-refractivity contribution in [3.63, 3.8) is 0 Å². The van der Waals surface area contributed by atoms with Crippen molar-refractivity contribution >= 4 is 5.95 Å². The molecule has 2 saturated heterocycles. The quantitative estimate of drug-likeness (QED) is 0.829. The molecule has 1 aromatic carbocycles. The molecule has 2 fully saturated rings. The summed E-state index contributed by atoms with van der Waals surface area (Å²) >= 11 is 0. The highest BCUT2D eigenvalue weighted by atomic mass is 19.3. The Labute approximate surface area is 168 Å². The number of aromatic nitrogens is 2. The Kier molecular flexibility index (Phi) is 4.34. The van der Waals surface area contributed by atoms with Gasteiger partial charge < -0.3 is 20.1 Å². The molecule has 2 N–H and O–H groups in total. The second-order valence-corrected chi connectivity index (χ2v) is 8.22. The SMILES string of the molecule is COC[C@H]1CCN1c1nc(-c2ccc(C3(N)COC3)cc2)c2c(n1)C(F)(F)CC2. The first-order valence-corrected chi connectivity index (χ1v) is 9.94. The predicted octanol–water partition coefficient (Wildman–Crippen LogP) is 2.59. The fourth-order valence-electron chi connectivity index (χ4n) is 4.30. The van der Waals surface area contributed by atoms with Gasteiger partial charge in [0.2, 0.25) is 5.95 Å². The van der Waals surface area contributed by atoms with Crippen molar-refractivity contribution in [2.75, 3.05) is 38.4 Å². The molecule has 3 aliphatic rings. The molecule has 1 aromatic heterocycles.